The van der Waals surface area contributed by atoms with Crippen LogP contribution in [-0.2, 0) is 0 Å². The Hall–Kier alpha value is -3.35. The molecule has 0 aliphatic carbocycles. The summed E-state index contributed by atoms with van der Waals surface area (Å²) in [5.74, 6) is -0.0788. The highest BCUT2D eigenvalue weighted by atomic mass is 32.1. The minimum atomic E-state index is -0.0788. The molecule has 0 aliphatic heterocycles. The van der Waals surface area contributed by atoms with Gasteiger partial charge in [0.2, 0.25) is 0 Å². The van der Waals surface area contributed by atoms with Crippen LogP contribution in [0.2, 0.25) is 0 Å². The summed E-state index contributed by atoms with van der Waals surface area (Å²) < 4.78 is 0. The van der Waals surface area contributed by atoms with E-state index in [2.05, 4.69) is 12.1 Å². The molecule has 0 N–H and O–H groups in total. The Morgan fingerprint density at radius 1 is 0.767 bits per heavy atom. The molecule has 0 fully saturated rings. The van der Waals surface area contributed by atoms with E-state index in [1.54, 1.807) is 34.6 Å². The number of nitrogens with zero attached hydrogens (tertiary/aromatic N) is 3. The zero-order valence-corrected chi connectivity index (χ0v) is 17.8. The average molecular weight is 428 g/mol. The first-order valence-electron chi connectivity index (χ1n) is 9.43. The fourth-order valence-corrected chi connectivity index (χ4v) is 4.75. The third kappa shape index (κ3) is 3.40. The van der Waals surface area contributed by atoms with Crippen molar-refractivity contribution in [1.82, 2.24) is 9.97 Å². The van der Waals surface area contributed by atoms with Crippen LogP contribution in [0.1, 0.15) is 10.4 Å². The highest BCUT2D eigenvalue weighted by molar-refractivity contribution is 7.14. The standard InChI is InChI=1S/C24H17N3OS2/c1-27(17-7-3-2-4-8-17)24(28)16-11-12-18-19(15-16)26-23(21-10-6-14-30-21)22(25-18)20-9-5-13-29-20/h2-15H,1H3. The molecule has 0 saturated carbocycles. The third-order valence-corrected chi connectivity index (χ3v) is 6.62. The van der Waals surface area contributed by atoms with Crippen LogP contribution in [0.4, 0.5) is 5.69 Å². The quantitative estimate of drug-likeness (QED) is 0.335. The molecule has 5 rings (SSSR count). The first kappa shape index (κ1) is 18.7. The van der Waals surface area contributed by atoms with Crippen LogP contribution >= 0.6 is 22.7 Å². The molecule has 1 amide bonds. The molecule has 3 aromatic heterocycles. The van der Waals surface area contributed by atoms with Crippen LogP contribution in [0.3, 0.4) is 0 Å². The van der Waals surface area contributed by atoms with E-state index in [1.165, 1.54) is 0 Å². The monoisotopic (exact) mass is 427 g/mol. The molecule has 6 heteroatoms. The van der Waals surface area contributed by atoms with Gasteiger partial charge in [-0.1, -0.05) is 30.3 Å². The van der Waals surface area contributed by atoms with Gasteiger partial charge in [-0.3, -0.25) is 4.79 Å². The van der Waals surface area contributed by atoms with Crippen molar-refractivity contribution in [3.8, 4) is 21.1 Å². The van der Waals surface area contributed by atoms with Crippen molar-refractivity contribution in [3.05, 3.63) is 89.1 Å². The van der Waals surface area contributed by atoms with Gasteiger partial charge in [0.05, 0.1) is 20.8 Å². The highest BCUT2D eigenvalue weighted by Crippen LogP contribution is 2.35. The maximum Gasteiger partial charge on any atom is 0.258 e. The van der Waals surface area contributed by atoms with E-state index in [4.69, 9.17) is 9.97 Å². The lowest BCUT2D eigenvalue weighted by molar-refractivity contribution is 0.0993. The van der Waals surface area contributed by atoms with Gasteiger partial charge in [-0.2, -0.15) is 0 Å². The second-order valence-electron chi connectivity index (χ2n) is 6.78. The van der Waals surface area contributed by atoms with E-state index in [1.807, 2.05) is 71.4 Å². The Morgan fingerprint density at radius 3 is 2.00 bits per heavy atom. The maximum absolute atomic E-state index is 13.0. The number of rotatable bonds is 4. The van der Waals surface area contributed by atoms with Crippen molar-refractivity contribution >= 4 is 45.3 Å². The summed E-state index contributed by atoms with van der Waals surface area (Å²) in [5.41, 5.74) is 4.65. The maximum atomic E-state index is 13.0. The van der Waals surface area contributed by atoms with Gasteiger partial charge in [0.25, 0.3) is 5.91 Å². The Bertz CT molecular complexity index is 1310. The van der Waals surface area contributed by atoms with Gasteiger partial charge < -0.3 is 4.90 Å². The number of carbonyl (C=O) groups is 1. The van der Waals surface area contributed by atoms with Crippen molar-refractivity contribution in [2.75, 3.05) is 11.9 Å². The molecule has 0 unspecified atom stereocenters. The number of anilines is 1. The van der Waals surface area contributed by atoms with Crippen molar-refractivity contribution in [1.29, 1.82) is 0 Å². The van der Waals surface area contributed by atoms with Crippen LogP contribution in [-0.4, -0.2) is 22.9 Å². The molecule has 146 valence electrons. The molecule has 0 aliphatic rings. The molecular weight excluding hydrogens is 410 g/mol. The molecule has 30 heavy (non-hydrogen) atoms. The van der Waals surface area contributed by atoms with Crippen LogP contribution < -0.4 is 4.90 Å². The summed E-state index contributed by atoms with van der Waals surface area (Å²) >= 11 is 3.28. The highest BCUT2D eigenvalue weighted by Gasteiger charge is 2.18. The van der Waals surface area contributed by atoms with Gasteiger partial charge >= 0.3 is 0 Å². The van der Waals surface area contributed by atoms with Gasteiger partial charge in [0, 0.05) is 18.3 Å². The number of para-hydroxylation sites is 1. The third-order valence-electron chi connectivity index (χ3n) is 4.87. The zero-order chi connectivity index (χ0) is 20.5. The topological polar surface area (TPSA) is 46.1 Å². The number of hydrogen-bond acceptors (Lipinski definition) is 5. The fourth-order valence-electron chi connectivity index (χ4n) is 3.32. The lowest BCUT2D eigenvalue weighted by Crippen LogP contribution is -2.26. The summed E-state index contributed by atoms with van der Waals surface area (Å²) in [7, 11) is 1.78. The smallest absolute Gasteiger partial charge is 0.258 e. The number of amides is 1. The van der Waals surface area contributed by atoms with Gasteiger partial charge in [-0.25, -0.2) is 9.97 Å². The number of benzene rings is 2. The predicted octanol–water partition coefficient (Wildman–Crippen LogP) is 6.36. The molecule has 2 aromatic carbocycles. The lowest BCUT2D eigenvalue weighted by Gasteiger charge is -2.17. The SMILES string of the molecule is CN(C(=O)c1ccc2nc(-c3cccs3)c(-c3cccs3)nc2c1)c1ccccc1. The van der Waals surface area contributed by atoms with Gasteiger partial charge in [-0.05, 0) is 53.2 Å². The second kappa shape index (κ2) is 7.82. The first-order valence-corrected chi connectivity index (χ1v) is 11.2. The first-order chi connectivity index (χ1) is 14.7. The fraction of sp³-hybridized carbons (Fsp3) is 0.0417. The van der Waals surface area contributed by atoms with Gasteiger partial charge in [-0.15, -0.1) is 22.7 Å². The normalized spacial score (nSPS) is 11.0. The van der Waals surface area contributed by atoms with E-state index in [-0.39, 0.29) is 5.91 Å². The molecule has 0 spiro atoms. The molecule has 5 aromatic rings. The predicted molar refractivity (Wildman–Crippen MR) is 125 cm³/mol. The molecule has 0 bridgehead atoms. The van der Waals surface area contributed by atoms with Gasteiger partial charge in [0.15, 0.2) is 0 Å². The van der Waals surface area contributed by atoms with Crippen LogP contribution in [0, 0.1) is 0 Å². The van der Waals surface area contributed by atoms with Crippen molar-refractivity contribution in [3.63, 3.8) is 0 Å². The van der Waals surface area contributed by atoms with E-state index in [0.717, 1.165) is 32.3 Å². The van der Waals surface area contributed by atoms with E-state index < -0.39 is 0 Å². The number of aromatic nitrogens is 2. The Morgan fingerprint density at radius 2 is 1.40 bits per heavy atom. The van der Waals surface area contributed by atoms with Crippen molar-refractivity contribution in [2.45, 2.75) is 0 Å². The van der Waals surface area contributed by atoms with Crippen molar-refractivity contribution in [2.24, 2.45) is 0 Å². The summed E-state index contributed by atoms with van der Waals surface area (Å²) in [6, 6.07) is 23.3. The number of fused-ring (bicyclic) bond motifs is 1. The number of carbonyl (C=O) groups excluding carboxylic acids is 1. The minimum absolute atomic E-state index is 0.0788. The van der Waals surface area contributed by atoms with E-state index in [9.17, 15) is 4.79 Å². The summed E-state index contributed by atoms with van der Waals surface area (Å²) in [6.45, 7) is 0. The lowest BCUT2D eigenvalue weighted by atomic mass is 10.1. The van der Waals surface area contributed by atoms with Crippen LogP contribution in [0.25, 0.3) is 32.2 Å². The molecule has 0 atom stereocenters. The largest absolute Gasteiger partial charge is 0.311 e. The van der Waals surface area contributed by atoms with Gasteiger partial charge in [0.1, 0.15) is 11.4 Å². The van der Waals surface area contributed by atoms with E-state index >= 15 is 0 Å². The van der Waals surface area contributed by atoms with Crippen LogP contribution in [0.5, 0.6) is 0 Å². The average Bonchev–Trinajstić information content (AvgIpc) is 3.52. The summed E-state index contributed by atoms with van der Waals surface area (Å²) in [5, 5.41) is 4.08. The zero-order valence-electron chi connectivity index (χ0n) is 16.1. The Kier molecular flexibility index (Phi) is 4.86. The summed E-state index contributed by atoms with van der Waals surface area (Å²) in [6.07, 6.45) is 0. The molecule has 0 saturated heterocycles. The number of hydrogen-bond donors (Lipinski definition) is 0. The second-order valence-corrected chi connectivity index (χ2v) is 8.67. The molecule has 4 nitrogen and oxygen atoms in total. The molecule has 0 radical (unpaired) electrons. The minimum Gasteiger partial charge on any atom is -0.311 e. The van der Waals surface area contributed by atoms with E-state index in [0.29, 0.717) is 11.1 Å². The van der Waals surface area contributed by atoms with Crippen LogP contribution in [0.15, 0.2) is 83.6 Å². The molecule has 3 heterocycles. The van der Waals surface area contributed by atoms with Crippen molar-refractivity contribution < 1.29 is 4.79 Å². The Balaban J connectivity index is 1.61. The Labute approximate surface area is 182 Å². The number of thiophene rings is 2. The summed E-state index contributed by atoms with van der Waals surface area (Å²) in [4.78, 5) is 26.7. The molecular formula is C24H17N3OS2.